The van der Waals surface area contributed by atoms with Gasteiger partial charge in [-0.3, -0.25) is 0 Å². The third-order valence-electron chi connectivity index (χ3n) is 4.15. The average molecular weight is 427 g/mol. The first-order valence-electron chi connectivity index (χ1n) is 8.52. The predicted octanol–water partition coefficient (Wildman–Crippen LogP) is 2.43. The number of carbonyl (C=O) groups is 1. The number of urea groups is 1. The summed E-state index contributed by atoms with van der Waals surface area (Å²) < 4.78 is 31.0. The van der Waals surface area contributed by atoms with Crippen LogP contribution < -0.4 is 15.4 Å². The van der Waals surface area contributed by atoms with Crippen LogP contribution in [0.5, 0.6) is 5.75 Å². The molecule has 2 N–H and O–H groups in total. The number of anilines is 1. The van der Waals surface area contributed by atoms with Gasteiger partial charge < -0.3 is 20.3 Å². The fourth-order valence-corrected chi connectivity index (χ4v) is 4.38. The van der Waals surface area contributed by atoms with Gasteiger partial charge in [0.05, 0.1) is 23.7 Å². The second-order valence-corrected chi connectivity index (χ2v) is 9.61. The van der Waals surface area contributed by atoms with Crippen LogP contribution in [0.25, 0.3) is 0 Å². The number of hydrogen-bond donors (Lipinski definition) is 2. The molecule has 2 amide bonds. The van der Waals surface area contributed by atoms with E-state index in [0.29, 0.717) is 12.3 Å². The molecule has 0 aliphatic rings. The van der Waals surface area contributed by atoms with Crippen molar-refractivity contribution < 1.29 is 17.9 Å². The van der Waals surface area contributed by atoms with Crippen LogP contribution in [0.1, 0.15) is 10.9 Å². The van der Waals surface area contributed by atoms with Gasteiger partial charge in [-0.2, -0.15) is 0 Å². The number of hydrogen-bond acceptors (Lipinski definition) is 6. The molecule has 10 heteroatoms. The van der Waals surface area contributed by atoms with Gasteiger partial charge in [-0.1, -0.05) is 6.07 Å². The van der Waals surface area contributed by atoms with Crippen molar-refractivity contribution in [3.8, 4) is 5.75 Å². The number of likely N-dealkylation sites (N-methyl/N-ethyl adjacent to an activating group) is 1. The summed E-state index contributed by atoms with van der Waals surface area (Å²) in [6, 6.07) is 7.92. The minimum Gasteiger partial charge on any atom is -0.495 e. The average Bonchev–Trinajstić information content (AvgIpc) is 3.15. The second-order valence-electron chi connectivity index (χ2n) is 6.48. The van der Waals surface area contributed by atoms with E-state index in [0.717, 1.165) is 9.18 Å². The lowest BCUT2D eigenvalue weighted by atomic mass is 10.2. The van der Waals surface area contributed by atoms with E-state index >= 15 is 0 Å². The third-order valence-corrected chi connectivity index (χ3v) is 6.93. The lowest BCUT2D eigenvalue weighted by Crippen LogP contribution is -2.36. The molecule has 1 aromatic carbocycles. The van der Waals surface area contributed by atoms with Crippen molar-refractivity contribution in [2.75, 3.05) is 47.2 Å². The Morgan fingerprint density at radius 1 is 1.21 bits per heavy atom. The summed E-state index contributed by atoms with van der Waals surface area (Å²) >= 11 is 1.62. The lowest BCUT2D eigenvalue weighted by molar-refractivity contribution is 0.243. The molecular weight excluding hydrogens is 400 g/mol. The van der Waals surface area contributed by atoms with E-state index in [4.69, 9.17) is 4.74 Å². The van der Waals surface area contributed by atoms with Crippen molar-refractivity contribution in [1.82, 2.24) is 14.5 Å². The molecule has 0 aliphatic carbocycles. The summed E-state index contributed by atoms with van der Waals surface area (Å²) in [7, 11) is 4.62. The molecule has 154 valence electrons. The molecule has 1 aromatic heterocycles. The molecule has 0 radical (unpaired) electrons. The highest BCUT2D eigenvalue weighted by Crippen LogP contribution is 2.28. The van der Waals surface area contributed by atoms with Gasteiger partial charge in [0, 0.05) is 25.5 Å². The van der Waals surface area contributed by atoms with Crippen molar-refractivity contribution in [3.63, 3.8) is 0 Å². The van der Waals surface area contributed by atoms with E-state index in [9.17, 15) is 13.2 Å². The number of nitrogens with zero attached hydrogens (tertiary/aromatic N) is 2. The van der Waals surface area contributed by atoms with Gasteiger partial charge >= 0.3 is 6.03 Å². The Kier molecular flexibility index (Phi) is 7.41. The number of carbonyl (C=O) groups excluding carboxylic acids is 1. The van der Waals surface area contributed by atoms with Crippen molar-refractivity contribution in [2.24, 2.45) is 0 Å². The number of methoxy groups -OCH3 is 1. The van der Waals surface area contributed by atoms with Gasteiger partial charge in [-0.25, -0.2) is 17.5 Å². The third kappa shape index (κ3) is 5.22. The van der Waals surface area contributed by atoms with Crippen LogP contribution in [0.3, 0.4) is 0 Å². The first-order chi connectivity index (χ1) is 13.2. The zero-order chi connectivity index (χ0) is 20.9. The Morgan fingerprint density at radius 3 is 2.46 bits per heavy atom. The summed E-state index contributed by atoms with van der Waals surface area (Å²) in [6.07, 6.45) is 0. The molecule has 8 nitrogen and oxygen atoms in total. The summed E-state index contributed by atoms with van der Waals surface area (Å²) in [5.41, 5.74) is 0.278. The Hall–Kier alpha value is -2.14. The van der Waals surface area contributed by atoms with Gasteiger partial charge in [0.1, 0.15) is 5.75 Å². The highest BCUT2D eigenvalue weighted by Gasteiger charge is 2.20. The molecule has 0 aliphatic heterocycles. The highest BCUT2D eigenvalue weighted by atomic mass is 32.2. The molecule has 2 rings (SSSR count). The minimum absolute atomic E-state index is 0.0353. The van der Waals surface area contributed by atoms with E-state index in [-0.39, 0.29) is 16.6 Å². The molecule has 0 fully saturated rings. The maximum atomic E-state index is 12.4. The Bertz CT molecular complexity index is 896. The van der Waals surface area contributed by atoms with E-state index in [2.05, 4.69) is 10.6 Å². The molecule has 0 bridgehead atoms. The van der Waals surface area contributed by atoms with Crippen LogP contribution in [0.15, 0.2) is 40.6 Å². The fourth-order valence-electron chi connectivity index (χ4n) is 2.53. The van der Waals surface area contributed by atoms with E-state index < -0.39 is 16.1 Å². The number of benzene rings is 1. The first-order valence-corrected chi connectivity index (χ1v) is 10.8. The standard InChI is InChI=1S/C18H26N4O4S2/c1-21(2)15(17-7-6-10-27-17)12-19-18(23)20-14-11-13(8-9-16(14)26-5)28(24,25)22(3)4/h6-11,15H,12H2,1-5H3,(H2,19,20,23)/t15-/m1/s1. The molecular formula is C18H26N4O4S2. The maximum Gasteiger partial charge on any atom is 0.319 e. The molecule has 1 heterocycles. The van der Waals surface area contributed by atoms with E-state index in [1.165, 1.54) is 39.4 Å². The number of rotatable bonds is 8. The fraction of sp³-hybridized carbons (Fsp3) is 0.389. The number of amides is 2. The van der Waals surface area contributed by atoms with Crippen molar-refractivity contribution in [1.29, 1.82) is 0 Å². The smallest absolute Gasteiger partial charge is 0.319 e. The molecule has 28 heavy (non-hydrogen) atoms. The van der Waals surface area contributed by atoms with Crippen molar-refractivity contribution in [2.45, 2.75) is 10.9 Å². The number of nitrogens with one attached hydrogen (secondary N) is 2. The van der Waals surface area contributed by atoms with E-state index in [1.807, 2.05) is 36.5 Å². The van der Waals surface area contributed by atoms with Crippen molar-refractivity contribution in [3.05, 3.63) is 40.6 Å². The van der Waals surface area contributed by atoms with Crippen LogP contribution in [0.4, 0.5) is 10.5 Å². The summed E-state index contributed by atoms with van der Waals surface area (Å²) in [6.45, 7) is 0.400. The van der Waals surface area contributed by atoms with Crippen LogP contribution in [0.2, 0.25) is 0 Å². The second kappa shape index (κ2) is 9.37. The molecule has 2 aromatic rings. The Labute approximate surface area is 170 Å². The zero-order valence-electron chi connectivity index (χ0n) is 16.6. The first kappa shape index (κ1) is 22.2. The SMILES string of the molecule is COc1ccc(S(=O)(=O)N(C)C)cc1NC(=O)NC[C@H](c1cccs1)N(C)C. The molecule has 0 spiro atoms. The Morgan fingerprint density at radius 2 is 1.93 bits per heavy atom. The number of ether oxygens (including phenoxy) is 1. The number of sulfonamides is 1. The van der Waals surface area contributed by atoms with Crippen molar-refractivity contribution >= 4 is 33.1 Å². The van der Waals surface area contributed by atoms with Gasteiger partial charge in [0.15, 0.2) is 0 Å². The summed E-state index contributed by atoms with van der Waals surface area (Å²) in [4.78, 5) is 15.7. The Balaban J connectivity index is 2.14. The van der Waals surface area contributed by atoms with Gasteiger partial charge in [-0.15, -0.1) is 11.3 Å². The topological polar surface area (TPSA) is 91.0 Å². The maximum absolute atomic E-state index is 12.4. The van der Waals surface area contributed by atoms with E-state index in [1.54, 1.807) is 11.3 Å². The van der Waals surface area contributed by atoms with Crippen LogP contribution >= 0.6 is 11.3 Å². The summed E-state index contributed by atoms with van der Waals surface area (Å²) in [5.74, 6) is 0.371. The normalized spacial score (nSPS) is 12.8. The molecule has 1 atom stereocenters. The molecule has 0 saturated heterocycles. The molecule has 0 saturated carbocycles. The molecule has 0 unspecified atom stereocenters. The summed E-state index contributed by atoms with van der Waals surface area (Å²) in [5, 5.41) is 7.51. The predicted molar refractivity (Wildman–Crippen MR) is 112 cm³/mol. The quantitative estimate of drug-likeness (QED) is 0.677. The zero-order valence-corrected chi connectivity index (χ0v) is 18.2. The monoisotopic (exact) mass is 426 g/mol. The highest BCUT2D eigenvalue weighted by molar-refractivity contribution is 7.89. The van der Waals surface area contributed by atoms with Crippen LogP contribution in [0, 0.1) is 0 Å². The minimum atomic E-state index is -3.63. The van der Waals surface area contributed by atoms with Gasteiger partial charge in [0.2, 0.25) is 10.0 Å². The largest absolute Gasteiger partial charge is 0.495 e. The van der Waals surface area contributed by atoms with Gasteiger partial charge in [-0.05, 0) is 43.7 Å². The lowest BCUT2D eigenvalue weighted by Gasteiger charge is -2.23. The van der Waals surface area contributed by atoms with Gasteiger partial charge in [0.25, 0.3) is 0 Å². The van der Waals surface area contributed by atoms with Crippen LogP contribution in [-0.2, 0) is 10.0 Å². The number of thiophene rings is 1. The van der Waals surface area contributed by atoms with Crippen LogP contribution in [-0.4, -0.2) is 65.5 Å².